The van der Waals surface area contributed by atoms with Crippen molar-refractivity contribution in [3.63, 3.8) is 0 Å². The zero-order valence-corrected chi connectivity index (χ0v) is 12.3. The van der Waals surface area contributed by atoms with Gasteiger partial charge >= 0.3 is 6.03 Å². The summed E-state index contributed by atoms with van der Waals surface area (Å²) in [6, 6.07) is 1.32. The molecule has 0 radical (unpaired) electrons. The molecule has 6 heteroatoms. The van der Waals surface area contributed by atoms with E-state index in [1.807, 2.05) is 13.0 Å². The molecule has 1 saturated carbocycles. The number of hydrogen-bond acceptors (Lipinski definition) is 4. The molecule has 3 rings (SSSR count). The number of carbonyl (C=O) groups is 2. The molecule has 110 valence electrons. The van der Waals surface area contributed by atoms with E-state index in [9.17, 15) is 9.59 Å². The van der Waals surface area contributed by atoms with Gasteiger partial charge in [0.1, 0.15) is 5.92 Å². The number of aliphatic imine (C=N–C) groups is 1. The third-order valence-electron chi connectivity index (χ3n) is 4.30. The number of nitrogens with one attached hydrogen (secondary N) is 1. The summed E-state index contributed by atoms with van der Waals surface area (Å²) >= 11 is 0. The van der Waals surface area contributed by atoms with Crippen molar-refractivity contribution in [1.29, 1.82) is 0 Å². The number of aromatic nitrogens is 2. The number of rotatable bonds is 3. The lowest BCUT2D eigenvalue weighted by atomic mass is 9.98. The van der Waals surface area contributed by atoms with Crippen molar-refractivity contribution in [2.75, 3.05) is 0 Å². The number of nitrogens with zero attached hydrogens (tertiary/aromatic N) is 3. The van der Waals surface area contributed by atoms with Crippen molar-refractivity contribution in [3.8, 4) is 0 Å². The third kappa shape index (κ3) is 2.57. The minimum absolute atomic E-state index is 0.393. The molecular weight excluding hydrogens is 268 g/mol. The van der Waals surface area contributed by atoms with Gasteiger partial charge in [-0.15, -0.1) is 0 Å². The van der Waals surface area contributed by atoms with E-state index in [0.717, 1.165) is 17.7 Å². The van der Waals surface area contributed by atoms with Gasteiger partial charge in [0.05, 0.1) is 11.4 Å². The van der Waals surface area contributed by atoms with E-state index in [1.54, 1.807) is 0 Å². The highest BCUT2D eigenvalue weighted by atomic mass is 16.2. The Balaban J connectivity index is 1.90. The van der Waals surface area contributed by atoms with E-state index in [1.165, 1.54) is 6.21 Å². The molecule has 3 unspecified atom stereocenters. The molecule has 6 nitrogen and oxygen atoms in total. The molecule has 0 aromatic carbocycles. The van der Waals surface area contributed by atoms with Gasteiger partial charge in [-0.3, -0.25) is 10.1 Å². The van der Waals surface area contributed by atoms with Gasteiger partial charge in [-0.2, -0.15) is 10.2 Å². The average molecular weight is 286 g/mol. The quantitative estimate of drug-likeness (QED) is 0.920. The molecule has 1 fully saturated rings. The van der Waals surface area contributed by atoms with Crippen LogP contribution < -0.4 is 5.32 Å². The van der Waals surface area contributed by atoms with Crippen molar-refractivity contribution in [3.05, 3.63) is 23.0 Å². The highest BCUT2D eigenvalue weighted by Gasteiger charge is 2.42. The maximum atomic E-state index is 11.9. The van der Waals surface area contributed by atoms with E-state index in [4.69, 9.17) is 0 Å². The number of imide groups is 1. The van der Waals surface area contributed by atoms with Gasteiger partial charge in [-0.25, -0.2) is 9.79 Å². The Morgan fingerprint density at radius 1 is 1.29 bits per heavy atom. The first-order valence-electron chi connectivity index (χ1n) is 7.20. The fraction of sp³-hybridized carbons (Fsp3) is 0.533. The van der Waals surface area contributed by atoms with Crippen LogP contribution in [0.3, 0.4) is 0 Å². The molecule has 0 spiro atoms. The van der Waals surface area contributed by atoms with Crippen LogP contribution in [0.2, 0.25) is 0 Å². The smallest absolute Gasteiger partial charge is 0.275 e. The number of amides is 3. The Labute approximate surface area is 123 Å². The van der Waals surface area contributed by atoms with E-state index in [-0.39, 0.29) is 0 Å². The fourth-order valence-electron chi connectivity index (χ4n) is 2.96. The van der Waals surface area contributed by atoms with Crippen molar-refractivity contribution in [1.82, 2.24) is 15.5 Å². The molecule has 2 aliphatic rings. The maximum Gasteiger partial charge on any atom is 0.347 e. The molecule has 0 bridgehead atoms. The summed E-state index contributed by atoms with van der Waals surface area (Å²) in [6.45, 7) is 6.39. The standard InChI is InChI=1S/C15H18N4O2/c1-7(2)9-4-11(9)10-5-13(19-18-8(10)3)12-6-16-15(21)17-14(12)20/h5-7,9,11-12H,4H2,1-3H3,(H,17,20,21). The van der Waals surface area contributed by atoms with Crippen molar-refractivity contribution >= 4 is 18.2 Å². The van der Waals surface area contributed by atoms with Crippen LogP contribution >= 0.6 is 0 Å². The zero-order valence-electron chi connectivity index (χ0n) is 12.3. The largest absolute Gasteiger partial charge is 0.347 e. The predicted octanol–water partition coefficient (Wildman–Crippen LogP) is 1.95. The lowest BCUT2D eigenvalue weighted by Crippen LogP contribution is -2.38. The first kappa shape index (κ1) is 13.9. The normalized spacial score (nSPS) is 27.9. The van der Waals surface area contributed by atoms with E-state index in [0.29, 0.717) is 23.4 Å². The Morgan fingerprint density at radius 2 is 2.05 bits per heavy atom. The lowest BCUT2D eigenvalue weighted by Gasteiger charge is -2.15. The second kappa shape index (κ2) is 5.02. The molecule has 1 aliphatic heterocycles. The first-order valence-corrected chi connectivity index (χ1v) is 7.20. The Morgan fingerprint density at radius 3 is 2.67 bits per heavy atom. The second-order valence-corrected chi connectivity index (χ2v) is 6.11. The van der Waals surface area contributed by atoms with Gasteiger partial charge in [0, 0.05) is 6.21 Å². The van der Waals surface area contributed by atoms with Gasteiger partial charge in [0.15, 0.2) is 0 Å². The van der Waals surface area contributed by atoms with Crippen molar-refractivity contribution in [2.24, 2.45) is 16.8 Å². The van der Waals surface area contributed by atoms with Gasteiger partial charge in [0.25, 0.3) is 0 Å². The van der Waals surface area contributed by atoms with Crippen LogP contribution in [0, 0.1) is 18.8 Å². The third-order valence-corrected chi connectivity index (χ3v) is 4.30. The number of aryl methyl sites for hydroxylation is 1. The number of hydrogen-bond donors (Lipinski definition) is 1. The molecule has 2 heterocycles. The molecule has 3 amide bonds. The maximum absolute atomic E-state index is 11.9. The Bertz CT molecular complexity index is 639. The topological polar surface area (TPSA) is 84.3 Å². The number of urea groups is 1. The molecular formula is C15H18N4O2. The van der Waals surface area contributed by atoms with Gasteiger partial charge in [0.2, 0.25) is 5.91 Å². The van der Waals surface area contributed by atoms with Crippen molar-refractivity contribution in [2.45, 2.75) is 39.0 Å². The van der Waals surface area contributed by atoms with E-state index >= 15 is 0 Å². The predicted molar refractivity (Wildman–Crippen MR) is 77.2 cm³/mol. The second-order valence-electron chi connectivity index (χ2n) is 6.11. The lowest BCUT2D eigenvalue weighted by molar-refractivity contribution is -0.120. The summed E-state index contributed by atoms with van der Waals surface area (Å²) in [6.07, 6.45) is 2.50. The molecule has 1 N–H and O–H groups in total. The summed E-state index contributed by atoms with van der Waals surface area (Å²) in [4.78, 5) is 26.5. The highest BCUT2D eigenvalue weighted by Crippen LogP contribution is 2.52. The van der Waals surface area contributed by atoms with Gasteiger partial charge in [-0.1, -0.05) is 13.8 Å². The monoisotopic (exact) mass is 286 g/mol. The minimum Gasteiger partial charge on any atom is -0.275 e. The van der Waals surface area contributed by atoms with Crippen LogP contribution in [0.25, 0.3) is 0 Å². The molecule has 1 aliphatic carbocycles. The van der Waals surface area contributed by atoms with Crippen LogP contribution in [0.4, 0.5) is 4.79 Å². The van der Waals surface area contributed by atoms with Crippen molar-refractivity contribution < 1.29 is 9.59 Å². The van der Waals surface area contributed by atoms with Crippen LogP contribution in [0.5, 0.6) is 0 Å². The molecule has 1 aromatic rings. The van der Waals surface area contributed by atoms with E-state index in [2.05, 4.69) is 34.4 Å². The minimum atomic E-state index is -0.634. The molecule has 1 aromatic heterocycles. The summed E-state index contributed by atoms with van der Waals surface area (Å²) in [5.74, 6) is 0.796. The number of carbonyl (C=O) groups excluding carboxylic acids is 2. The van der Waals surface area contributed by atoms with Gasteiger partial charge < -0.3 is 0 Å². The van der Waals surface area contributed by atoms with Crippen LogP contribution in [-0.2, 0) is 4.79 Å². The molecule has 21 heavy (non-hydrogen) atoms. The average Bonchev–Trinajstić information content (AvgIpc) is 3.20. The first-order chi connectivity index (χ1) is 9.97. The van der Waals surface area contributed by atoms with Crippen LogP contribution in [0.1, 0.15) is 49.1 Å². The SMILES string of the molecule is Cc1nnc(C2C=NC(=O)NC2=O)cc1C1CC1C(C)C. The summed E-state index contributed by atoms with van der Waals surface area (Å²) in [7, 11) is 0. The summed E-state index contributed by atoms with van der Waals surface area (Å²) in [5, 5.41) is 10.5. The summed E-state index contributed by atoms with van der Waals surface area (Å²) in [5.41, 5.74) is 2.63. The van der Waals surface area contributed by atoms with Gasteiger partial charge in [-0.05, 0) is 42.7 Å². The highest BCUT2D eigenvalue weighted by molar-refractivity contribution is 6.12. The summed E-state index contributed by atoms with van der Waals surface area (Å²) < 4.78 is 0. The Kier molecular flexibility index (Phi) is 3.31. The Hall–Kier alpha value is -2.11. The fourth-order valence-corrected chi connectivity index (χ4v) is 2.96. The molecule has 3 atom stereocenters. The van der Waals surface area contributed by atoms with E-state index < -0.39 is 17.9 Å². The van der Waals surface area contributed by atoms with Crippen LogP contribution in [0.15, 0.2) is 11.1 Å². The van der Waals surface area contributed by atoms with Crippen LogP contribution in [-0.4, -0.2) is 28.4 Å². The molecule has 0 saturated heterocycles. The zero-order chi connectivity index (χ0) is 15.1.